The fraction of sp³-hybridized carbons (Fsp3) is 0.429. The molecule has 1 aromatic carbocycles. The van der Waals surface area contributed by atoms with Crippen LogP contribution in [0.2, 0.25) is 0 Å². The highest BCUT2D eigenvalue weighted by Gasteiger charge is 2.30. The van der Waals surface area contributed by atoms with Gasteiger partial charge in [0.05, 0.1) is 6.42 Å². The quantitative estimate of drug-likeness (QED) is 0.805. The van der Waals surface area contributed by atoms with Crippen LogP contribution in [0.15, 0.2) is 30.3 Å². The Kier molecular flexibility index (Phi) is 3.97. The maximum Gasteiger partial charge on any atom is 0.304 e. The van der Waals surface area contributed by atoms with Crippen LogP contribution in [0.25, 0.3) is 0 Å². The van der Waals surface area contributed by atoms with Crippen molar-refractivity contribution in [2.24, 2.45) is 5.92 Å². The van der Waals surface area contributed by atoms with Crippen molar-refractivity contribution < 1.29 is 14.7 Å². The number of aliphatic carboxylic acids is 1. The van der Waals surface area contributed by atoms with Crippen molar-refractivity contribution in [2.45, 2.75) is 25.2 Å². The van der Waals surface area contributed by atoms with E-state index in [4.69, 9.17) is 5.11 Å². The summed E-state index contributed by atoms with van der Waals surface area (Å²) in [4.78, 5) is 22.4. The molecule has 1 saturated carbocycles. The molecule has 1 fully saturated rings. The predicted molar refractivity (Wildman–Crippen MR) is 67.2 cm³/mol. The van der Waals surface area contributed by atoms with Crippen LogP contribution < -0.4 is 5.32 Å². The van der Waals surface area contributed by atoms with Gasteiger partial charge in [-0.05, 0) is 18.4 Å². The molecule has 0 radical (unpaired) electrons. The molecule has 0 aromatic heterocycles. The predicted octanol–water partition coefficient (Wildman–Crippen LogP) is 1.77. The number of rotatable bonds is 6. The van der Waals surface area contributed by atoms with Crippen molar-refractivity contribution in [1.29, 1.82) is 0 Å². The van der Waals surface area contributed by atoms with Gasteiger partial charge in [0.1, 0.15) is 0 Å². The van der Waals surface area contributed by atoms with E-state index in [9.17, 15) is 9.59 Å². The Morgan fingerprint density at radius 2 is 1.94 bits per heavy atom. The summed E-state index contributed by atoms with van der Waals surface area (Å²) in [6.07, 6.45) is 1.95. The molecule has 2 rings (SSSR count). The normalized spacial score (nSPS) is 16.0. The van der Waals surface area contributed by atoms with Crippen LogP contribution in [0.4, 0.5) is 0 Å². The highest BCUT2D eigenvalue weighted by Crippen LogP contribution is 2.29. The minimum Gasteiger partial charge on any atom is -0.481 e. The van der Waals surface area contributed by atoms with Crippen LogP contribution in [0, 0.1) is 5.92 Å². The van der Waals surface area contributed by atoms with Crippen molar-refractivity contribution in [1.82, 2.24) is 5.32 Å². The standard InChI is InChI=1S/C14H17NO3/c16-13(17)8-12(10-4-2-1-3-5-10)9-15-14(18)11-6-7-11/h1-5,11-12H,6-9H2,(H,15,18)(H,16,17)/t12-/m1/s1. The first-order valence-electron chi connectivity index (χ1n) is 6.21. The number of benzene rings is 1. The van der Waals surface area contributed by atoms with E-state index in [1.165, 1.54) is 0 Å². The third kappa shape index (κ3) is 3.58. The third-order valence-corrected chi connectivity index (χ3v) is 3.16. The highest BCUT2D eigenvalue weighted by molar-refractivity contribution is 5.81. The second-order valence-corrected chi connectivity index (χ2v) is 4.72. The maximum absolute atomic E-state index is 11.6. The first-order chi connectivity index (χ1) is 8.66. The average Bonchev–Trinajstić information content (AvgIpc) is 3.19. The van der Waals surface area contributed by atoms with E-state index in [2.05, 4.69) is 5.32 Å². The summed E-state index contributed by atoms with van der Waals surface area (Å²) in [5.41, 5.74) is 0.955. The lowest BCUT2D eigenvalue weighted by molar-refractivity contribution is -0.137. The number of hydrogen-bond donors (Lipinski definition) is 2. The van der Waals surface area contributed by atoms with Gasteiger partial charge in [-0.1, -0.05) is 30.3 Å². The summed E-state index contributed by atoms with van der Waals surface area (Å²) in [7, 11) is 0. The Balaban J connectivity index is 1.96. The van der Waals surface area contributed by atoms with Gasteiger partial charge >= 0.3 is 5.97 Å². The van der Waals surface area contributed by atoms with Crippen LogP contribution in [0.1, 0.15) is 30.7 Å². The van der Waals surface area contributed by atoms with Gasteiger partial charge < -0.3 is 10.4 Å². The smallest absolute Gasteiger partial charge is 0.304 e. The van der Waals surface area contributed by atoms with Gasteiger partial charge in [0.2, 0.25) is 5.91 Å². The van der Waals surface area contributed by atoms with E-state index in [0.717, 1.165) is 18.4 Å². The van der Waals surface area contributed by atoms with E-state index in [1.807, 2.05) is 30.3 Å². The number of carboxylic acid groups (broad SMARTS) is 1. The summed E-state index contributed by atoms with van der Waals surface area (Å²) < 4.78 is 0. The molecule has 4 nitrogen and oxygen atoms in total. The van der Waals surface area contributed by atoms with Gasteiger partial charge in [-0.15, -0.1) is 0 Å². The highest BCUT2D eigenvalue weighted by atomic mass is 16.4. The molecule has 2 N–H and O–H groups in total. The van der Waals surface area contributed by atoms with Gasteiger partial charge in [0.25, 0.3) is 0 Å². The molecular weight excluding hydrogens is 230 g/mol. The summed E-state index contributed by atoms with van der Waals surface area (Å²) >= 11 is 0. The summed E-state index contributed by atoms with van der Waals surface area (Å²) in [5.74, 6) is -0.788. The SMILES string of the molecule is O=C(O)C[C@H](CNC(=O)C1CC1)c1ccccc1. The monoisotopic (exact) mass is 247 g/mol. The van der Waals surface area contributed by atoms with E-state index < -0.39 is 5.97 Å². The largest absolute Gasteiger partial charge is 0.481 e. The lowest BCUT2D eigenvalue weighted by Gasteiger charge is -2.16. The van der Waals surface area contributed by atoms with Gasteiger partial charge in [-0.2, -0.15) is 0 Å². The number of carbonyl (C=O) groups is 2. The number of nitrogens with one attached hydrogen (secondary N) is 1. The molecule has 0 heterocycles. The average molecular weight is 247 g/mol. The fourth-order valence-corrected chi connectivity index (χ4v) is 1.96. The minimum absolute atomic E-state index is 0.0367. The van der Waals surface area contributed by atoms with Crippen LogP contribution in [0.3, 0.4) is 0 Å². The second-order valence-electron chi connectivity index (χ2n) is 4.72. The molecular formula is C14H17NO3. The third-order valence-electron chi connectivity index (χ3n) is 3.16. The van der Waals surface area contributed by atoms with Gasteiger partial charge in [-0.3, -0.25) is 9.59 Å². The molecule has 18 heavy (non-hydrogen) atoms. The van der Waals surface area contributed by atoms with Crippen LogP contribution in [0.5, 0.6) is 0 Å². The molecule has 4 heteroatoms. The van der Waals surface area contributed by atoms with E-state index in [0.29, 0.717) is 6.54 Å². The van der Waals surface area contributed by atoms with Crippen LogP contribution in [-0.2, 0) is 9.59 Å². The number of carbonyl (C=O) groups excluding carboxylic acids is 1. The first kappa shape index (κ1) is 12.6. The number of hydrogen-bond acceptors (Lipinski definition) is 2. The topological polar surface area (TPSA) is 66.4 Å². The van der Waals surface area contributed by atoms with Gasteiger partial charge in [0.15, 0.2) is 0 Å². The first-order valence-corrected chi connectivity index (χ1v) is 6.21. The number of carboxylic acids is 1. The zero-order valence-corrected chi connectivity index (χ0v) is 10.1. The zero-order chi connectivity index (χ0) is 13.0. The molecule has 0 bridgehead atoms. The zero-order valence-electron chi connectivity index (χ0n) is 10.1. The fourth-order valence-electron chi connectivity index (χ4n) is 1.96. The van der Waals surface area contributed by atoms with Crippen molar-refractivity contribution in [2.75, 3.05) is 6.54 Å². The van der Waals surface area contributed by atoms with Crippen molar-refractivity contribution in [3.05, 3.63) is 35.9 Å². The Labute approximate surface area is 106 Å². The van der Waals surface area contributed by atoms with Crippen molar-refractivity contribution in [3.63, 3.8) is 0 Å². The van der Waals surface area contributed by atoms with Crippen LogP contribution >= 0.6 is 0 Å². The molecule has 1 atom stereocenters. The lowest BCUT2D eigenvalue weighted by atomic mass is 9.95. The maximum atomic E-state index is 11.6. The Morgan fingerprint density at radius 1 is 1.28 bits per heavy atom. The van der Waals surface area contributed by atoms with E-state index in [1.54, 1.807) is 0 Å². The van der Waals surface area contributed by atoms with E-state index in [-0.39, 0.29) is 24.2 Å². The molecule has 0 unspecified atom stereocenters. The molecule has 1 aromatic rings. The van der Waals surface area contributed by atoms with E-state index >= 15 is 0 Å². The molecule has 1 aliphatic carbocycles. The van der Waals surface area contributed by atoms with Gasteiger partial charge in [-0.25, -0.2) is 0 Å². The second kappa shape index (κ2) is 5.67. The number of amides is 1. The van der Waals surface area contributed by atoms with Crippen molar-refractivity contribution >= 4 is 11.9 Å². The molecule has 1 aliphatic rings. The van der Waals surface area contributed by atoms with Crippen LogP contribution in [-0.4, -0.2) is 23.5 Å². The molecule has 0 spiro atoms. The van der Waals surface area contributed by atoms with Gasteiger partial charge in [0, 0.05) is 18.4 Å². The summed E-state index contributed by atoms with van der Waals surface area (Å²) in [6.45, 7) is 0.394. The summed E-state index contributed by atoms with van der Waals surface area (Å²) in [5, 5.41) is 11.8. The summed E-state index contributed by atoms with van der Waals surface area (Å²) in [6, 6.07) is 9.46. The Hall–Kier alpha value is -1.84. The molecule has 96 valence electrons. The molecule has 0 aliphatic heterocycles. The minimum atomic E-state index is -0.843. The Morgan fingerprint density at radius 3 is 2.50 bits per heavy atom. The molecule has 1 amide bonds. The molecule has 0 saturated heterocycles. The van der Waals surface area contributed by atoms with Crippen molar-refractivity contribution in [3.8, 4) is 0 Å². The Bertz CT molecular complexity index is 426. The lowest BCUT2D eigenvalue weighted by Crippen LogP contribution is -2.30.